The Morgan fingerprint density at radius 2 is 2.12 bits per heavy atom. The normalized spacial score (nSPS) is 19.9. The van der Waals surface area contributed by atoms with E-state index in [0.29, 0.717) is 0 Å². The number of cyclic esters (lactones) is 1. The number of hydrogen-bond acceptors (Lipinski definition) is 8. The zero-order chi connectivity index (χ0) is 13.1. The van der Waals surface area contributed by atoms with Gasteiger partial charge in [-0.1, -0.05) is 0 Å². The smallest absolute Gasteiger partial charge is 0.453 e. The molecule has 10 heteroatoms. The van der Waals surface area contributed by atoms with Crippen molar-refractivity contribution in [3.8, 4) is 0 Å². The van der Waals surface area contributed by atoms with E-state index in [9.17, 15) is 14.2 Å². The van der Waals surface area contributed by atoms with Crippen molar-refractivity contribution in [2.24, 2.45) is 5.84 Å². The predicted octanol–water partition coefficient (Wildman–Crippen LogP) is 0.0151. The van der Waals surface area contributed by atoms with Crippen molar-refractivity contribution in [3.05, 3.63) is 0 Å². The first-order chi connectivity index (χ1) is 7.92. The Hall–Kier alpha value is -1.15. The molecule has 0 aromatic rings. The minimum Gasteiger partial charge on any atom is -0.462 e. The molecule has 1 atom stereocenters. The van der Waals surface area contributed by atoms with E-state index in [1.165, 1.54) is 0 Å². The van der Waals surface area contributed by atoms with Crippen LogP contribution in [0.3, 0.4) is 0 Å². The van der Waals surface area contributed by atoms with E-state index in [-0.39, 0.29) is 17.8 Å². The second kappa shape index (κ2) is 5.46. The second-order valence-electron chi connectivity index (χ2n) is 3.07. The molecule has 17 heavy (non-hydrogen) atoms. The monoisotopic (exact) mass is 268 g/mol. The molecular weight excluding hydrogens is 255 g/mol. The number of nitrogens with two attached hydrogens (primary N) is 1. The number of carbonyl (C=O) groups excluding carboxylic acids is 2. The molecule has 1 rings (SSSR count). The third kappa shape index (κ3) is 3.16. The molecular formula is C7H13N2O7P. The van der Waals surface area contributed by atoms with E-state index >= 15 is 0 Å². The summed E-state index contributed by atoms with van der Waals surface area (Å²) in [6.07, 6.45) is -1.94. The summed E-state index contributed by atoms with van der Waals surface area (Å²) in [5, 5.41) is 0. The molecule has 0 aromatic carbocycles. The van der Waals surface area contributed by atoms with E-state index in [1.54, 1.807) is 0 Å². The van der Waals surface area contributed by atoms with Crippen LogP contribution < -0.4 is 5.84 Å². The van der Waals surface area contributed by atoms with Gasteiger partial charge in [0.15, 0.2) is 0 Å². The van der Waals surface area contributed by atoms with Crippen molar-refractivity contribution in [3.63, 3.8) is 0 Å². The Labute approximate surface area is 97.3 Å². The number of ether oxygens (including phenoxy) is 2. The summed E-state index contributed by atoms with van der Waals surface area (Å²) >= 11 is 0. The minimum atomic E-state index is -3.89. The maximum atomic E-state index is 11.7. The van der Waals surface area contributed by atoms with Crippen LogP contribution in [-0.4, -0.2) is 43.8 Å². The molecule has 0 aromatic heterocycles. The summed E-state index contributed by atoms with van der Waals surface area (Å²) in [7, 11) is -1.75. The highest BCUT2D eigenvalue weighted by Gasteiger charge is 2.37. The van der Waals surface area contributed by atoms with Gasteiger partial charge < -0.3 is 9.47 Å². The summed E-state index contributed by atoms with van der Waals surface area (Å²) in [5.74, 6) is 4.77. The van der Waals surface area contributed by atoms with Crippen molar-refractivity contribution < 1.29 is 32.7 Å². The van der Waals surface area contributed by atoms with Crippen LogP contribution in [0.25, 0.3) is 0 Å². The van der Waals surface area contributed by atoms with E-state index < -0.39 is 25.9 Å². The summed E-state index contributed by atoms with van der Waals surface area (Å²) in [4.78, 5) is 22.2. The third-order valence-corrected chi connectivity index (χ3v) is 3.62. The summed E-state index contributed by atoms with van der Waals surface area (Å²) in [6.45, 7) is -0.0529. The molecule has 0 spiro atoms. The van der Waals surface area contributed by atoms with Gasteiger partial charge in [-0.25, -0.2) is 15.2 Å². The van der Waals surface area contributed by atoms with Crippen LogP contribution in [0.2, 0.25) is 0 Å². The van der Waals surface area contributed by atoms with Crippen molar-refractivity contribution in [2.45, 2.75) is 12.5 Å². The van der Waals surface area contributed by atoms with Crippen LogP contribution in [0.1, 0.15) is 6.42 Å². The number of amides is 1. The van der Waals surface area contributed by atoms with Gasteiger partial charge in [0, 0.05) is 14.2 Å². The fraction of sp³-hybridized carbons (Fsp3) is 0.714. The van der Waals surface area contributed by atoms with Gasteiger partial charge in [-0.3, -0.25) is 13.8 Å². The Bertz CT molecular complexity index is 352. The van der Waals surface area contributed by atoms with Crippen LogP contribution in [0.5, 0.6) is 0 Å². The van der Waals surface area contributed by atoms with Crippen molar-refractivity contribution in [2.75, 3.05) is 20.8 Å². The average molecular weight is 268 g/mol. The first-order valence-corrected chi connectivity index (χ1v) is 6.05. The average Bonchev–Trinajstić information content (AvgIpc) is 2.72. The van der Waals surface area contributed by atoms with Crippen molar-refractivity contribution in [1.29, 1.82) is 0 Å². The molecule has 1 unspecified atom stereocenters. The quantitative estimate of drug-likeness (QED) is 0.249. The maximum Gasteiger partial charge on any atom is 0.453 e. The lowest BCUT2D eigenvalue weighted by atomic mass is 10.3. The number of rotatable bonds is 4. The maximum absolute atomic E-state index is 11.7. The molecule has 0 radical (unpaired) electrons. The zero-order valence-electron chi connectivity index (χ0n) is 9.32. The molecule has 0 bridgehead atoms. The number of hydrazine groups is 1. The highest BCUT2D eigenvalue weighted by molar-refractivity contribution is 7.51. The highest BCUT2D eigenvalue weighted by atomic mass is 31.2. The van der Waals surface area contributed by atoms with Gasteiger partial charge in [-0.15, -0.1) is 4.78 Å². The fourth-order valence-electron chi connectivity index (χ4n) is 1.11. The van der Waals surface area contributed by atoms with Gasteiger partial charge in [0.1, 0.15) is 12.7 Å². The second-order valence-corrected chi connectivity index (χ2v) is 5.17. The lowest BCUT2D eigenvalue weighted by Crippen LogP contribution is -2.38. The number of esters is 1. The van der Waals surface area contributed by atoms with Crippen molar-refractivity contribution in [1.82, 2.24) is 4.78 Å². The van der Waals surface area contributed by atoms with E-state index in [0.717, 1.165) is 14.2 Å². The van der Waals surface area contributed by atoms with Gasteiger partial charge in [-0.2, -0.15) is 0 Å². The van der Waals surface area contributed by atoms with Crippen LogP contribution in [0.4, 0.5) is 4.79 Å². The van der Waals surface area contributed by atoms with Gasteiger partial charge in [0.05, 0.1) is 6.42 Å². The molecule has 1 aliphatic rings. The lowest BCUT2D eigenvalue weighted by molar-refractivity contribution is -0.137. The first kappa shape index (κ1) is 13.9. The van der Waals surface area contributed by atoms with Gasteiger partial charge >= 0.3 is 19.8 Å². The molecule has 9 nitrogen and oxygen atoms in total. The Morgan fingerprint density at radius 3 is 2.53 bits per heavy atom. The molecule has 1 amide bonds. The van der Waals surface area contributed by atoms with E-state index in [4.69, 9.17) is 10.6 Å². The highest BCUT2D eigenvalue weighted by Crippen LogP contribution is 2.48. The SMILES string of the molecule is COP(=O)(OC)N(N)C(=O)OC1COC(=O)C1. The first-order valence-electron chi connectivity index (χ1n) is 4.56. The number of hydrogen-bond donors (Lipinski definition) is 1. The van der Waals surface area contributed by atoms with E-state index in [2.05, 4.69) is 13.8 Å². The molecule has 1 fully saturated rings. The van der Waals surface area contributed by atoms with Crippen LogP contribution >= 0.6 is 7.75 Å². The molecule has 1 aliphatic heterocycles. The number of carbonyl (C=O) groups is 2. The van der Waals surface area contributed by atoms with Crippen LogP contribution in [0, 0.1) is 0 Å². The minimum absolute atomic E-state index is 0.0529. The third-order valence-electron chi connectivity index (χ3n) is 2.00. The summed E-state index contributed by atoms with van der Waals surface area (Å²) in [5.41, 5.74) is 0. The summed E-state index contributed by atoms with van der Waals surface area (Å²) < 4.78 is 30.2. The molecule has 0 saturated carbocycles. The molecule has 1 heterocycles. The topological polar surface area (TPSA) is 117 Å². The molecule has 2 N–H and O–H groups in total. The lowest BCUT2D eigenvalue weighted by Gasteiger charge is -2.23. The Kier molecular flexibility index (Phi) is 4.47. The standard InChI is InChI=1S/C7H13N2O7P/c1-13-17(12,14-2)9(8)7(11)16-5-3-6(10)15-4-5/h5H,3-4,8H2,1-2H3. The molecule has 1 saturated heterocycles. The summed E-state index contributed by atoms with van der Waals surface area (Å²) in [6, 6.07) is 0. The largest absolute Gasteiger partial charge is 0.462 e. The van der Waals surface area contributed by atoms with Crippen LogP contribution in [-0.2, 0) is 27.9 Å². The zero-order valence-corrected chi connectivity index (χ0v) is 10.2. The van der Waals surface area contributed by atoms with E-state index in [1.807, 2.05) is 0 Å². The van der Waals surface area contributed by atoms with Gasteiger partial charge in [0.25, 0.3) is 0 Å². The van der Waals surface area contributed by atoms with Gasteiger partial charge in [0.2, 0.25) is 0 Å². The molecule has 0 aliphatic carbocycles. The Morgan fingerprint density at radius 1 is 1.53 bits per heavy atom. The molecule has 98 valence electrons. The predicted molar refractivity (Wildman–Crippen MR) is 53.5 cm³/mol. The fourth-order valence-corrected chi connectivity index (χ4v) is 1.86. The van der Waals surface area contributed by atoms with Crippen molar-refractivity contribution >= 4 is 19.8 Å². The number of nitrogens with zero attached hydrogens (tertiary/aromatic N) is 1. The Balaban J connectivity index is 2.58. The van der Waals surface area contributed by atoms with Gasteiger partial charge in [-0.05, 0) is 0 Å². The van der Waals surface area contributed by atoms with Crippen LogP contribution in [0.15, 0.2) is 0 Å².